The molecule has 3 heteroatoms. The Morgan fingerprint density at radius 1 is 1.21 bits per heavy atom. The molecule has 0 saturated heterocycles. The van der Waals surface area contributed by atoms with E-state index in [-0.39, 0.29) is 0 Å². The Morgan fingerprint density at radius 3 is 2.95 bits per heavy atom. The third kappa shape index (κ3) is 2.55. The average molecular weight is 254 g/mol. The van der Waals surface area contributed by atoms with Crippen molar-refractivity contribution in [3.8, 4) is 5.75 Å². The van der Waals surface area contributed by atoms with Gasteiger partial charge < -0.3 is 10.1 Å². The van der Waals surface area contributed by atoms with E-state index in [1.807, 2.05) is 19.9 Å². The van der Waals surface area contributed by atoms with Gasteiger partial charge in [0.25, 0.3) is 0 Å². The van der Waals surface area contributed by atoms with E-state index in [4.69, 9.17) is 4.74 Å². The molecule has 1 aliphatic heterocycles. The van der Waals surface area contributed by atoms with Gasteiger partial charge in [-0.2, -0.15) is 0 Å². The number of hydrogen-bond donors (Lipinski definition) is 1. The van der Waals surface area contributed by atoms with Gasteiger partial charge in [-0.05, 0) is 43.2 Å². The van der Waals surface area contributed by atoms with Crippen LogP contribution in [0.3, 0.4) is 0 Å². The van der Waals surface area contributed by atoms with Crippen LogP contribution in [0.2, 0.25) is 0 Å². The first-order chi connectivity index (χ1) is 9.22. The maximum atomic E-state index is 5.52. The number of anilines is 1. The highest BCUT2D eigenvalue weighted by molar-refractivity contribution is 5.49. The molecule has 0 fully saturated rings. The molecule has 3 nitrogen and oxygen atoms in total. The Kier molecular flexibility index (Phi) is 3.11. The van der Waals surface area contributed by atoms with Gasteiger partial charge in [0.1, 0.15) is 5.75 Å². The standard InChI is InChI=1S/C16H18N2O/c1-11-3-5-15(12(2)18-11)17-10-13-4-6-16-14(9-13)7-8-19-16/h3-6,9,17H,7-8,10H2,1-2H3. The molecule has 0 aliphatic carbocycles. The fraction of sp³-hybridized carbons (Fsp3) is 0.312. The Hall–Kier alpha value is -2.03. The number of nitrogens with zero attached hydrogens (tertiary/aromatic N) is 1. The van der Waals surface area contributed by atoms with Crippen molar-refractivity contribution < 1.29 is 4.74 Å². The zero-order valence-corrected chi connectivity index (χ0v) is 11.4. The summed E-state index contributed by atoms with van der Waals surface area (Å²) in [6.07, 6.45) is 1.02. The van der Waals surface area contributed by atoms with E-state index in [1.54, 1.807) is 0 Å². The van der Waals surface area contributed by atoms with Gasteiger partial charge in [0.05, 0.1) is 18.0 Å². The normalized spacial score (nSPS) is 12.9. The van der Waals surface area contributed by atoms with Crippen LogP contribution in [-0.2, 0) is 13.0 Å². The summed E-state index contributed by atoms with van der Waals surface area (Å²) in [6, 6.07) is 10.5. The molecule has 1 aromatic carbocycles. The Morgan fingerprint density at radius 2 is 2.11 bits per heavy atom. The molecule has 98 valence electrons. The minimum Gasteiger partial charge on any atom is -0.493 e. The SMILES string of the molecule is Cc1ccc(NCc2ccc3c(c2)CCO3)c(C)n1. The predicted octanol–water partition coefficient (Wildman–Crippen LogP) is 3.25. The number of rotatable bonds is 3. The number of ether oxygens (including phenoxy) is 1. The van der Waals surface area contributed by atoms with Gasteiger partial charge in [-0.15, -0.1) is 0 Å². The van der Waals surface area contributed by atoms with Gasteiger partial charge in [-0.1, -0.05) is 12.1 Å². The first kappa shape index (κ1) is 12.0. The lowest BCUT2D eigenvalue weighted by atomic mass is 10.1. The first-order valence-corrected chi connectivity index (χ1v) is 6.65. The van der Waals surface area contributed by atoms with Crippen molar-refractivity contribution >= 4 is 5.69 Å². The molecular weight excluding hydrogens is 236 g/mol. The monoisotopic (exact) mass is 254 g/mol. The lowest BCUT2D eigenvalue weighted by Crippen LogP contribution is -2.02. The molecule has 1 N–H and O–H groups in total. The highest BCUT2D eigenvalue weighted by atomic mass is 16.5. The molecule has 0 amide bonds. The van der Waals surface area contributed by atoms with Crippen molar-refractivity contribution in [1.29, 1.82) is 0 Å². The van der Waals surface area contributed by atoms with Crippen LogP contribution in [0.5, 0.6) is 5.75 Å². The van der Waals surface area contributed by atoms with Gasteiger partial charge in [-0.3, -0.25) is 4.98 Å². The van der Waals surface area contributed by atoms with E-state index < -0.39 is 0 Å². The summed E-state index contributed by atoms with van der Waals surface area (Å²) < 4.78 is 5.52. The van der Waals surface area contributed by atoms with Crippen molar-refractivity contribution in [2.24, 2.45) is 0 Å². The summed E-state index contributed by atoms with van der Waals surface area (Å²) in [7, 11) is 0. The first-order valence-electron chi connectivity index (χ1n) is 6.65. The largest absolute Gasteiger partial charge is 0.493 e. The lowest BCUT2D eigenvalue weighted by Gasteiger charge is -2.10. The Bertz CT molecular complexity index is 608. The van der Waals surface area contributed by atoms with Crippen LogP contribution < -0.4 is 10.1 Å². The second-order valence-corrected chi connectivity index (χ2v) is 4.98. The summed E-state index contributed by atoms with van der Waals surface area (Å²) >= 11 is 0. The summed E-state index contributed by atoms with van der Waals surface area (Å²) in [6.45, 7) is 5.68. The third-order valence-electron chi connectivity index (χ3n) is 3.46. The van der Waals surface area contributed by atoms with E-state index in [1.165, 1.54) is 11.1 Å². The van der Waals surface area contributed by atoms with Crippen molar-refractivity contribution in [2.75, 3.05) is 11.9 Å². The molecule has 0 spiro atoms. The van der Waals surface area contributed by atoms with Gasteiger partial charge in [0.2, 0.25) is 0 Å². The molecule has 1 aliphatic rings. The van der Waals surface area contributed by atoms with Crippen molar-refractivity contribution in [1.82, 2.24) is 4.98 Å². The maximum Gasteiger partial charge on any atom is 0.122 e. The van der Waals surface area contributed by atoms with Crippen molar-refractivity contribution in [3.63, 3.8) is 0 Å². The summed E-state index contributed by atoms with van der Waals surface area (Å²) in [5.74, 6) is 1.04. The van der Waals surface area contributed by atoms with Crippen LogP contribution in [0.25, 0.3) is 0 Å². The van der Waals surface area contributed by atoms with Crippen LogP contribution in [0, 0.1) is 13.8 Å². The smallest absolute Gasteiger partial charge is 0.122 e. The fourth-order valence-electron chi connectivity index (χ4n) is 2.42. The number of hydrogen-bond acceptors (Lipinski definition) is 3. The predicted molar refractivity (Wildman–Crippen MR) is 76.7 cm³/mol. The van der Waals surface area contributed by atoms with Crippen molar-refractivity contribution in [2.45, 2.75) is 26.8 Å². The van der Waals surface area contributed by atoms with Crippen molar-refractivity contribution in [3.05, 3.63) is 52.8 Å². The zero-order valence-electron chi connectivity index (χ0n) is 11.4. The minimum atomic E-state index is 0.813. The van der Waals surface area contributed by atoms with Gasteiger partial charge in [0, 0.05) is 18.7 Å². The molecule has 1 aromatic heterocycles. The van der Waals surface area contributed by atoms with Crippen LogP contribution in [0.4, 0.5) is 5.69 Å². The molecule has 0 saturated carbocycles. The number of aromatic nitrogens is 1. The number of aryl methyl sites for hydroxylation is 2. The summed E-state index contributed by atoms with van der Waals surface area (Å²) in [5.41, 5.74) is 5.80. The molecule has 2 heterocycles. The highest BCUT2D eigenvalue weighted by Crippen LogP contribution is 2.26. The minimum absolute atomic E-state index is 0.813. The maximum absolute atomic E-state index is 5.52. The fourth-order valence-corrected chi connectivity index (χ4v) is 2.42. The Labute approximate surface area is 113 Å². The van der Waals surface area contributed by atoms with Crippen LogP contribution >= 0.6 is 0 Å². The topological polar surface area (TPSA) is 34.1 Å². The highest BCUT2D eigenvalue weighted by Gasteiger charge is 2.11. The second-order valence-electron chi connectivity index (χ2n) is 4.98. The third-order valence-corrected chi connectivity index (χ3v) is 3.46. The molecule has 0 radical (unpaired) electrons. The quantitative estimate of drug-likeness (QED) is 0.913. The van der Waals surface area contributed by atoms with Crippen LogP contribution in [0.15, 0.2) is 30.3 Å². The van der Waals surface area contributed by atoms with E-state index in [0.29, 0.717) is 0 Å². The molecule has 0 atom stereocenters. The molecular formula is C16H18N2O. The number of pyridine rings is 1. The molecule has 0 unspecified atom stereocenters. The molecule has 3 rings (SSSR count). The van der Waals surface area contributed by atoms with E-state index in [2.05, 4.69) is 34.6 Å². The lowest BCUT2D eigenvalue weighted by molar-refractivity contribution is 0.357. The zero-order chi connectivity index (χ0) is 13.2. The molecule has 2 aromatic rings. The Balaban J connectivity index is 1.72. The second kappa shape index (κ2) is 4.92. The number of nitrogens with one attached hydrogen (secondary N) is 1. The average Bonchev–Trinajstić information content (AvgIpc) is 2.85. The molecule has 0 bridgehead atoms. The summed E-state index contributed by atoms with van der Waals surface area (Å²) in [4.78, 5) is 4.46. The van der Waals surface area contributed by atoms with E-state index in [9.17, 15) is 0 Å². The summed E-state index contributed by atoms with van der Waals surface area (Å²) in [5, 5.41) is 3.44. The van der Waals surface area contributed by atoms with Crippen LogP contribution in [-0.4, -0.2) is 11.6 Å². The van der Waals surface area contributed by atoms with E-state index >= 15 is 0 Å². The number of benzene rings is 1. The number of fused-ring (bicyclic) bond motifs is 1. The molecule has 19 heavy (non-hydrogen) atoms. The van der Waals surface area contributed by atoms with Gasteiger partial charge >= 0.3 is 0 Å². The van der Waals surface area contributed by atoms with Gasteiger partial charge in [0.15, 0.2) is 0 Å². The van der Waals surface area contributed by atoms with Crippen LogP contribution in [0.1, 0.15) is 22.5 Å². The van der Waals surface area contributed by atoms with Gasteiger partial charge in [-0.25, -0.2) is 0 Å². The van der Waals surface area contributed by atoms with E-state index in [0.717, 1.165) is 42.4 Å².